The molecule has 7 heteroatoms. The lowest BCUT2D eigenvalue weighted by molar-refractivity contribution is 0.0369. The van der Waals surface area contributed by atoms with E-state index < -0.39 is 0 Å². The smallest absolute Gasteiger partial charge is 0.320 e. The van der Waals surface area contributed by atoms with Crippen LogP contribution in [0.5, 0.6) is 0 Å². The maximum atomic E-state index is 12.9. The van der Waals surface area contributed by atoms with Gasteiger partial charge in [0.25, 0.3) is 0 Å². The Morgan fingerprint density at radius 2 is 1.96 bits per heavy atom. The van der Waals surface area contributed by atoms with Crippen molar-refractivity contribution < 1.29 is 14.3 Å². The highest BCUT2D eigenvalue weighted by Crippen LogP contribution is 2.29. The van der Waals surface area contributed by atoms with E-state index in [0.29, 0.717) is 45.4 Å². The lowest BCUT2D eigenvalue weighted by Gasteiger charge is -2.33. The van der Waals surface area contributed by atoms with Crippen LogP contribution in [0.15, 0.2) is 12.4 Å². The number of carbonyl (C=O) groups excluding carboxylic acids is 1. The second-order valence-corrected chi connectivity index (χ2v) is 7.11. The normalized spacial score (nSPS) is 24.6. The number of fused-ring (bicyclic) bond motifs is 1. The number of aromatic nitrogens is 2. The third-order valence-electron chi connectivity index (χ3n) is 5.02. The van der Waals surface area contributed by atoms with Gasteiger partial charge < -0.3 is 23.8 Å². The topological polar surface area (TPSA) is 59.8 Å². The van der Waals surface area contributed by atoms with Crippen molar-refractivity contribution in [3.05, 3.63) is 18.2 Å². The Hall–Kier alpha value is -1.60. The van der Waals surface area contributed by atoms with E-state index in [0.717, 1.165) is 31.4 Å². The minimum absolute atomic E-state index is 0.0990. The van der Waals surface area contributed by atoms with Crippen molar-refractivity contribution >= 4 is 6.03 Å². The maximum absolute atomic E-state index is 12.9. The minimum Gasteiger partial charge on any atom is -0.381 e. The number of carbonyl (C=O) groups is 1. The Morgan fingerprint density at radius 1 is 1.17 bits per heavy atom. The van der Waals surface area contributed by atoms with Crippen LogP contribution in [0, 0.1) is 11.8 Å². The number of urea groups is 1. The summed E-state index contributed by atoms with van der Waals surface area (Å²) in [6.07, 6.45) is 6.43. The number of rotatable bonds is 4. The fourth-order valence-electron chi connectivity index (χ4n) is 3.43. The Kier molecular flexibility index (Phi) is 4.71. The summed E-state index contributed by atoms with van der Waals surface area (Å²) in [5, 5.41) is 0. The molecule has 24 heavy (non-hydrogen) atoms. The number of amides is 2. The molecule has 0 N–H and O–H groups in total. The van der Waals surface area contributed by atoms with E-state index in [4.69, 9.17) is 9.47 Å². The van der Waals surface area contributed by atoms with Gasteiger partial charge in [-0.3, -0.25) is 0 Å². The number of morpholine rings is 1. The zero-order chi connectivity index (χ0) is 16.4. The van der Waals surface area contributed by atoms with Gasteiger partial charge in [-0.1, -0.05) is 0 Å². The molecule has 3 heterocycles. The van der Waals surface area contributed by atoms with E-state index in [-0.39, 0.29) is 6.03 Å². The summed E-state index contributed by atoms with van der Waals surface area (Å²) in [6.45, 7) is 6.34. The molecule has 0 aromatic carbocycles. The van der Waals surface area contributed by atoms with Gasteiger partial charge in [-0.25, -0.2) is 9.78 Å². The summed E-state index contributed by atoms with van der Waals surface area (Å²) in [5.74, 6) is 2.04. The summed E-state index contributed by atoms with van der Waals surface area (Å²) in [7, 11) is 0. The zero-order valence-electron chi connectivity index (χ0n) is 14.1. The van der Waals surface area contributed by atoms with E-state index in [9.17, 15) is 4.79 Å². The van der Waals surface area contributed by atoms with Crippen molar-refractivity contribution in [2.75, 3.05) is 46.1 Å². The van der Waals surface area contributed by atoms with Gasteiger partial charge in [0.2, 0.25) is 0 Å². The summed E-state index contributed by atoms with van der Waals surface area (Å²) in [5.41, 5.74) is 0. The highest BCUT2D eigenvalue weighted by atomic mass is 16.5. The summed E-state index contributed by atoms with van der Waals surface area (Å²) in [6, 6.07) is 0.0990. The third-order valence-corrected chi connectivity index (χ3v) is 5.02. The van der Waals surface area contributed by atoms with Crippen LogP contribution < -0.4 is 0 Å². The SMILES string of the molecule is O=C(N1CCOCC1)N1Cc2nccn2C[C@H](COCC2CC2)C1. The monoisotopic (exact) mass is 334 g/mol. The predicted molar refractivity (Wildman–Crippen MR) is 87.5 cm³/mol. The highest BCUT2D eigenvalue weighted by molar-refractivity contribution is 5.74. The van der Waals surface area contributed by atoms with Gasteiger partial charge in [0, 0.05) is 51.1 Å². The minimum atomic E-state index is 0.0990. The van der Waals surface area contributed by atoms with E-state index in [1.165, 1.54) is 12.8 Å². The van der Waals surface area contributed by atoms with Gasteiger partial charge in [0.1, 0.15) is 5.82 Å². The van der Waals surface area contributed by atoms with Gasteiger partial charge in [-0.2, -0.15) is 0 Å². The Morgan fingerprint density at radius 3 is 2.75 bits per heavy atom. The van der Waals surface area contributed by atoms with Crippen LogP contribution in [0.4, 0.5) is 4.79 Å². The number of ether oxygens (including phenoxy) is 2. The molecule has 2 amide bonds. The maximum Gasteiger partial charge on any atom is 0.320 e. The van der Waals surface area contributed by atoms with Crippen molar-refractivity contribution in [2.45, 2.75) is 25.9 Å². The van der Waals surface area contributed by atoms with Gasteiger partial charge in [-0.05, 0) is 18.8 Å². The molecule has 1 saturated heterocycles. The zero-order valence-corrected chi connectivity index (χ0v) is 14.1. The molecule has 3 aliphatic rings. The van der Waals surface area contributed by atoms with Crippen LogP contribution in [0.3, 0.4) is 0 Å². The first kappa shape index (κ1) is 15.9. The predicted octanol–water partition coefficient (Wildman–Crippen LogP) is 1.19. The Labute approximate surface area is 142 Å². The molecule has 0 bridgehead atoms. The molecular formula is C17H26N4O3. The Bertz CT molecular complexity index is 566. The average Bonchev–Trinajstić information content (AvgIpc) is 3.37. The standard InChI is InChI=1S/C17H26N4O3/c22-17(19-5-7-23-8-6-19)21-10-15(13-24-12-14-1-2-14)9-20-4-3-18-16(20)11-21/h3-4,14-15H,1-2,5-13H2/t15-/m0/s1. The van der Waals surface area contributed by atoms with E-state index >= 15 is 0 Å². The van der Waals surface area contributed by atoms with Gasteiger partial charge in [-0.15, -0.1) is 0 Å². The first-order valence-corrected chi connectivity index (χ1v) is 8.99. The fourth-order valence-corrected chi connectivity index (χ4v) is 3.43. The second kappa shape index (κ2) is 7.11. The van der Waals surface area contributed by atoms with Gasteiger partial charge >= 0.3 is 6.03 Å². The molecule has 1 aliphatic carbocycles. The number of hydrogen-bond donors (Lipinski definition) is 0. The van der Waals surface area contributed by atoms with Crippen LogP contribution >= 0.6 is 0 Å². The van der Waals surface area contributed by atoms with Crippen LogP contribution in [-0.2, 0) is 22.6 Å². The van der Waals surface area contributed by atoms with Crippen molar-refractivity contribution in [3.63, 3.8) is 0 Å². The molecule has 1 atom stereocenters. The second-order valence-electron chi connectivity index (χ2n) is 7.11. The van der Waals surface area contributed by atoms with Crippen molar-refractivity contribution in [1.29, 1.82) is 0 Å². The number of nitrogens with zero attached hydrogens (tertiary/aromatic N) is 4. The fraction of sp³-hybridized carbons (Fsp3) is 0.765. The molecular weight excluding hydrogens is 308 g/mol. The molecule has 2 fully saturated rings. The summed E-state index contributed by atoms with van der Waals surface area (Å²) < 4.78 is 13.4. The molecule has 132 valence electrons. The molecule has 0 radical (unpaired) electrons. The Balaban J connectivity index is 1.42. The largest absolute Gasteiger partial charge is 0.381 e. The van der Waals surface area contributed by atoms with Crippen molar-refractivity contribution in [1.82, 2.24) is 19.4 Å². The highest BCUT2D eigenvalue weighted by Gasteiger charge is 2.30. The van der Waals surface area contributed by atoms with Crippen LogP contribution in [0.25, 0.3) is 0 Å². The van der Waals surface area contributed by atoms with E-state index in [1.54, 1.807) is 0 Å². The lowest BCUT2D eigenvalue weighted by atomic mass is 10.1. The van der Waals surface area contributed by atoms with E-state index in [2.05, 4.69) is 9.55 Å². The molecule has 1 saturated carbocycles. The van der Waals surface area contributed by atoms with Gasteiger partial charge in [0.15, 0.2) is 0 Å². The first-order valence-electron chi connectivity index (χ1n) is 8.99. The van der Waals surface area contributed by atoms with Crippen LogP contribution in [-0.4, -0.2) is 71.4 Å². The molecule has 4 rings (SSSR count). The molecule has 0 spiro atoms. The average molecular weight is 334 g/mol. The van der Waals surface area contributed by atoms with Crippen molar-refractivity contribution in [2.24, 2.45) is 11.8 Å². The number of hydrogen-bond acceptors (Lipinski definition) is 4. The third kappa shape index (κ3) is 3.72. The molecule has 1 aromatic heterocycles. The van der Waals surface area contributed by atoms with Crippen LogP contribution in [0.2, 0.25) is 0 Å². The number of imidazole rings is 1. The molecule has 1 aromatic rings. The van der Waals surface area contributed by atoms with Crippen LogP contribution in [0.1, 0.15) is 18.7 Å². The summed E-state index contributed by atoms with van der Waals surface area (Å²) >= 11 is 0. The van der Waals surface area contributed by atoms with E-state index in [1.807, 2.05) is 22.2 Å². The summed E-state index contributed by atoms with van der Waals surface area (Å²) in [4.78, 5) is 21.2. The van der Waals surface area contributed by atoms with Gasteiger partial charge in [0.05, 0.1) is 26.4 Å². The molecule has 7 nitrogen and oxygen atoms in total. The first-order chi connectivity index (χ1) is 11.8. The quantitative estimate of drug-likeness (QED) is 0.830. The lowest BCUT2D eigenvalue weighted by Crippen LogP contribution is -2.49. The molecule has 0 unspecified atom stereocenters. The molecule has 2 aliphatic heterocycles. The van der Waals surface area contributed by atoms with Crippen molar-refractivity contribution in [3.8, 4) is 0 Å².